The lowest BCUT2D eigenvalue weighted by atomic mass is 9.58. The van der Waals surface area contributed by atoms with Crippen LogP contribution < -0.4 is 14.8 Å². The highest BCUT2D eigenvalue weighted by Crippen LogP contribution is 2.53. The maximum atomic E-state index is 12.5. The minimum absolute atomic E-state index is 0. The lowest BCUT2D eigenvalue weighted by Gasteiger charge is -2.50. The fourth-order valence-electron chi connectivity index (χ4n) is 5.28. The molecule has 192 valence electrons. The molecule has 2 aliphatic rings. The highest BCUT2D eigenvalue weighted by Gasteiger charge is 2.47. The lowest BCUT2D eigenvalue weighted by molar-refractivity contribution is 0.164. The van der Waals surface area contributed by atoms with Crippen LogP contribution in [0.25, 0.3) is 0 Å². The van der Waals surface area contributed by atoms with Gasteiger partial charge in [-0.15, -0.1) is 12.4 Å². The van der Waals surface area contributed by atoms with Crippen molar-refractivity contribution in [2.24, 2.45) is 0 Å². The van der Waals surface area contributed by atoms with E-state index in [-0.39, 0.29) is 46.9 Å². The van der Waals surface area contributed by atoms with Gasteiger partial charge in [0.25, 0.3) is 0 Å². The molecule has 1 aliphatic heterocycles. The maximum absolute atomic E-state index is 12.5. The van der Waals surface area contributed by atoms with Gasteiger partial charge >= 0.3 is 0 Å². The summed E-state index contributed by atoms with van der Waals surface area (Å²) in [6, 6.07) is 21.1. The number of rotatable bonds is 8. The summed E-state index contributed by atoms with van der Waals surface area (Å²) in [6.07, 6.45) is 4.43. The average molecular weight is 568 g/mol. The molecule has 5 nitrogen and oxygen atoms in total. The first-order valence-corrected chi connectivity index (χ1v) is 14.1. The van der Waals surface area contributed by atoms with Gasteiger partial charge in [-0.3, -0.25) is 0 Å². The highest BCUT2D eigenvalue weighted by atomic mass is 35.5. The highest BCUT2D eigenvalue weighted by molar-refractivity contribution is 7.89. The molecule has 0 saturated heterocycles. The van der Waals surface area contributed by atoms with Crippen LogP contribution in [0.4, 0.5) is 0 Å². The van der Waals surface area contributed by atoms with Gasteiger partial charge in [-0.05, 0) is 78.9 Å². The second-order valence-electron chi connectivity index (χ2n) is 9.19. The van der Waals surface area contributed by atoms with Crippen LogP contribution in [0.15, 0.2) is 71.6 Å². The van der Waals surface area contributed by atoms with E-state index in [1.165, 1.54) is 29.2 Å². The van der Waals surface area contributed by atoms with Gasteiger partial charge < -0.3 is 10.1 Å². The molecule has 1 aliphatic carbocycles. The van der Waals surface area contributed by atoms with E-state index >= 15 is 0 Å². The normalized spacial score (nSPS) is 18.4. The van der Waals surface area contributed by atoms with Crippen LogP contribution in [0.1, 0.15) is 42.0 Å². The summed E-state index contributed by atoms with van der Waals surface area (Å²) in [4.78, 5) is 0.0670. The Bertz CT molecular complexity index is 1310. The zero-order chi connectivity index (χ0) is 24.5. The molecule has 1 unspecified atom stereocenters. The lowest BCUT2D eigenvalue weighted by Crippen LogP contribution is -2.49. The summed E-state index contributed by atoms with van der Waals surface area (Å²) < 4.78 is 33.6. The van der Waals surface area contributed by atoms with Crippen molar-refractivity contribution in [2.75, 3.05) is 19.7 Å². The maximum Gasteiger partial charge on any atom is 0.242 e. The molecule has 2 N–H and O–H groups in total. The number of sulfonamides is 1. The summed E-state index contributed by atoms with van der Waals surface area (Å²) in [7, 11) is -3.70. The summed E-state index contributed by atoms with van der Waals surface area (Å²) in [6.45, 7) is 1.29. The number of nitrogens with one attached hydrogen (secondary N) is 2. The molecule has 0 radical (unpaired) electrons. The van der Waals surface area contributed by atoms with Gasteiger partial charge in [-0.2, -0.15) is 0 Å². The number of benzene rings is 3. The molecule has 36 heavy (non-hydrogen) atoms. The molecule has 3 aromatic rings. The van der Waals surface area contributed by atoms with Gasteiger partial charge in [0, 0.05) is 23.0 Å². The van der Waals surface area contributed by atoms with Crippen molar-refractivity contribution in [1.29, 1.82) is 0 Å². The Kier molecular flexibility index (Phi) is 8.55. The first-order valence-electron chi connectivity index (χ1n) is 11.9. The quantitative estimate of drug-likeness (QED) is 0.324. The molecule has 1 atom stereocenters. The fraction of sp³-hybridized carbons (Fsp3) is 0.333. The summed E-state index contributed by atoms with van der Waals surface area (Å²) in [5.74, 6) is 0.736. The number of halogens is 3. The molecule has 0 bridgehead atoms. The standard InChI is InChI=1S/C27H28Cl2N2O3S.ClH/c28-21-9-7-20(8-10-21)27(13-3-14-27)26-23-18-22(11-6-19(23)12-15-30-26)34-17-16-31-35(32,33)25-5-2-1-4-24(25)29;/h1-2,4-11,18,26,30-31H,3,12-17H2;1H. The zero-order valence-corrected chi connectivity index (χ0v) is 22.8. The van der Waals surface area contributed by atoms with Gasteiger partial charge in [0.1, 0.15) is 17.3 Å². The Morgan fingerprint density at radius 3 is 2.47 bits per heavy atom. The summed E-state index contributed by atoms with van der Waals surface area (Å²) in [5, 5.41) is 4.72. The molecular formula is C27H29Cl3N2O3S. The van der Waals surface area contributed by atoms with Crippen molar-refractivity contribution in [2.45, 2.75) is 42.0 Å². The van der Waals surface area contributed by atoms with Gasteiger partial charge in [0.2, 0.25) is 10.0 Å². The molecule has 0 amide bonds. The van der Waals surface area contributed by atoms with Gasteiger partial charge in [0.15, 0.2) is 0 Å². The number of fused-ring (bicyclic) bond motifs is 1. The third-order valence-electron chi connectivity index (χ3n) is 7.18. The topological polar surface area (TPSA) is 67.4 Å². The molecular weight excluding hydrogens is 539 g/mol. The van der Waals surface area contributed by atoms with Crippen LogP contribution in [0.3, 0.4) is 0 Å². The molecule has 0 aromatic heterocycles. The van der Waals surface area contributed by atoms with Crippen molar-refractivity contribution in [3.8, 4) is 5.75 Å². The Hall–Kier alpha value is -1.80. The minimum atomic E-state index is -3.70. The van der Waals surface area contributed by atoms with Crippen molar-refractivity contribution < 1.29 is 13.2 Å². The molecule has 9 heteroatoms. The van der Waals surface area contributed by atoms with E-state index in [0.717, 1.165) is 36.6 Å². The molecule has 0 spiro atoms. The number of ether oxygens (including phenoxy) is 1. The Labute approximate surface area is 229 Å². The molecule has 1 fully saturated rings. The van der Waals surface area contributed by atoms with Crippen LogP contribution >= 0.6 is 35.6 Å². The first-order chi connectivity index (χ1) is 16.9. The van der Waals surface area contributed by atoms with Crippen molar-refractivity contribution in [3.63, 3.8) is 0 Å². The fourth-order valence-corrected chi connectivity index (χ4v) is 6.94. The largest absolute Gasteiger partial charge is 0.492 e. The van der Waals surface area contributed by atoms with E-state index in [4.69, 9.17) is 27.9 Å². The van der Waals surface area contributed by atoms with Gasteiger partial charge in [-0.25, -0.2) is 13.1 Å². The smallest absolute Gasteiger partial charge is 0.242 e. The number of hydrogen-bond donors (Lipinski definition) is 2. The summed E-state index contributed by atoms with van der Waals surface area (Å²) >= 11 is 12.2. The SMILES string of the molecule is Cl.O=S(=O)(NCCOc1ccc2c(c1)C(C1(c3ccc(Cl)cc3)CCC1)NCC2)c1ccccc1Cl. The van der Waals surface area contributed by atoms with Crippen LogP contribution in [0.5, 0.6) is 5.75 Å². The van der Waals surface area contributed by atoms with Gasteiger partial charge in [-0.1, -0.05) is 60.0 Å². The predicted octanol–water partition coefficient (Wildman–Crippen LogP) is 6.08. The van der Waals surface area contributed by atoms with Crippen molar-refractivity contribution in [3.05, 3.63) is 93.5 Å². The average Bonchev–Trinajstić information content (AvgIpc) is 2.83. The van der Waals surface area contributed by atoms with E-state index in [9.17, 15) is 8.42 Å². The van der Waals surface area contributed by atoms with E-state index in [2.05, 4.69) is 34.3 Å². The van der Waals surface area contributed by atoms with Crippen LogP contribution in [-0.4, -0.2) is 28.1 Å². The number of hydrogen-bond acceptors (Lipinski definition) is 4. The monoisotopic (exact) mass is 566 g/mol. The second kappa shape index (κ2) is 11.3. The van der Waals surface area contributed by atoms with E-state index in [0.29, 0.717) is 0 Å². The Balaban J connectivity index is 0.00000304. The van der Waals surface area contributed by atoms with E-state index in [1.807, 2.05) is 18.2 Å². The van der Waals surface area contributed by atoms with E-state index < -0.39 is 10.0 Å². The van der Waals surface area contributed by atoms with Crippen LogP contribution in [0.2, 0.25) is 10.0 Å². The first kappa shape index (κ1) is 27.2. The molecule has 1 saturated carbocycles. The minimum Gasteiger partial charge on any atom is -0.492 e. The molecule has 3 aromatic carbocycles. The predicted molar refractivity (Wildman–Crippen MR) is 147 cm³/mol. The zero-order valence-electron chi connectivity index (χ0n) is 19.7. The van der Waals surface area contributed by atoms with Crippen molar-refractivity contribution in [1.82, 2.24) is 10.0 Å². The Morgan fingerprint density at radius 1 is 1.03 bits per heavy atom. The molecule has 1 heterocycles. The van der Waals surface area contributed by atoms with Crippen LogP contribution in [0, 0.1) is 0 Å². The third kappa shape index (κ3) is 5.40. The Morgan fingerprint density at radius 2 is 1.78 bits per heavy atom. The van der Waals surface area contributed by atoms with E-state index in [1.54, 1.807) is 18.2 Å². The molecule has 5 rings (SSSR count). The van der Waals surface area contributed by atoms with Crippen LogP contribution in [-0.2, 0) is 21.9 Å². The van der Waals surface area contributed by atoms with Crippen molar-refractivity contribution >= 4 is 45.6 Å². The summed E-state index contributed by atoms with van der Waals surface area (Å²) in [5.41, 5.74) is 3.96. The van der Waals surface area contributed by atoms with Gasteiger partial charge in [0.05, 0.1) is 5.02 Å². The second-order valence-corrected chi connectivity index (χ2v) is 11.8. The third-order valence-corrected chi connectivity index (χ3v) is 9.39.